The zero-order valence-corrected chi connectivity index (χ0v) is 16.2. The molecule has 1 unspecified atom stereocenters. The van der Waals surface area contributed by atoms with E-state index < -0.39 is 5.51 Å². The fourth-order valence-corrected chi connectivity index (χ4v) is 3.66. The third-order valence-electron chi connectivity index (χ3n) is 4.29. The van der Waals surface area contributed by atoms with Gasteiger partial charge in [0.2, 0.25) is 0 Å². The number of nitrogens with zero attached hydrogens (tertiary/aromatic N) is 3. The molecule has 2 heterocycles. The van der Waals surface area contributed by atoms with E-state index in [2.05, 4.69) is 4.98 Å². The van der Waals surface area contributed by atoms with Gasteiger partial charge >= 0.3 is 11.5 Å². The standard InChI is InChI=1S/C18H16F3N3OS2/c1-11-9-22-8-7-13(11)10-23-12(2)16(26)24(17(23)25)14-3-5-15(6-4-14)27-18(19,20)21/h3-9,12H,10H2,1-2H3. The Hall–Kier alpha value is -2.13. The van der Waals surface area contributed by atoms with Crippen molar-refractivity contribution >= 4 is 40.7 Å². The van der Waals surface area contributed by atoms with Gasteiger partial charge in [-0.25, -0.2) is 4.79 Å². The molecule has 0 bridgehead atoms. The number of benzene rings is 1. The topological polar surface area (TPSA) is 36.4 Å². The van der Waals surface area contributed by atoms with E-state index >= 15 is 0 Å². The van der Waals surface area contributed by atoms with Gasteiger partial charge in [0, 0.05) is 23.8 Å². The van der Waals surface area contributed by atoms with Crippen molar-refractivity contribution in [3.63, 3.8) is 0 Å². The van der Waals surface area contributed by atoms with Gasteiger partial charge in [0.1, 0.15) is 4.99 Å². The largest absolute Gasteiger partial charge is 0.446 e. The lowest BCUT2D eigenvalue weighted by Gasteiger charge is -2.21. The van der Waals surface area contributed by atoms with Gasteiger partial charge in [-0.1, -0.05) is 12.2 Å². The summed E-state index contributed by atoms with van der Waals surface area (Å²) in [7, 11) is 0. The number of thioether (sulfide) groups is 1. The van der Waals surface area contributed by atoms with Crippen LogP contribution < -0.4 is 4.90 Å². The molecule has 0 spiro atoms. The van der Waals surface area contributed by atoms with Crippen molar-refractivity contribution in [3.8, 4) is 0 Å². The molecule has 4 nitrogen and oxygen atoms in total. The molecule has 1 atom stereocenters. The number of thiocarbonyl (C=S) groups is 1. The number of anilines is 1. The van der Waals surface area contributed by atoms with E-state index in [4.69, 9.17) is 12.2 Å². The van der Waals surface area contributed by atoms with Gasteiger partial charge in [0.15, 0.2) is 0 Å². The van der Waals surface area contributed by atoms with E-state index in [1.807, 2.05) is 19.9 Å². The minimum Gasteiger partial charge on any atom is -0.311 e. The Bertz CT molecular complexity index is 871. The molecule has 0 aliphatic carbocycles. The average Bonchev–Trinajstić information content (AvgIpc) is 2.80. The molecule has 1 aromatic carbocycles. The SMILES string of the molecule is Cc1cnccc1CN1C(=O)N(c2ccc(SC(F)(F)F)cc2)C(=S)C1C. The van der Waals surface area contributed by atoms with Crippen molar-refractivity contribution < 1.29 is 18.0 Å². The Kier molecular flexibility index (Phi) is 5.43. The van der Waals surface area contributed by atoms with E-state index in [0.29, 0.717) is 17.2 Å². The molecule has 2 amide bonds. The number of hydrogen-bond donors (Lipinski definition) is 0. The van der Waals surface area contributed by atoms with Crippen molar-refractivity contribution in [1.29, 1.82) is 0 Å². The van der Waals surface area contributed by atoms with Crippen LogP contribution in [0, 0.1) is 6.92 Å². The fraction of sp³-hybridized carbons (Fsp3) is 0.278. The predicted molar refractivity (Wildman–Crippen MR) is 103 cm³/mol. The summed E-state index contributed by atoms with van der Waals surface area (Å²) >= 11 is 5.24. The third kappa shape index (κ3) is 4.24. The first kappa shape index (κ1) is 19.6. The first-order valence-electron chi connectivity index (χ1n) is 8.07. The van der Waals surface area contributed by atoms with Gasteiger partial charge in [-0.05, 0) is 67.1 Å². The van der Waals surface area contributed by atoms with Crippen molar-refractivity contribution in [3.05, 3.63) is 53.9 Å². The van der Waals surface area contributed by atoms with Crippen molar-refractivity contribution in [2.45, 2.75) is 36.8 Å². The van der Waals surface area contributed by atoms with Crippen LogP contribution in [0.25, 0.3) is 0 Å². The van der Waals surface area contributed by atoms with Crippen LogP contribution in [0.3, 0.4) is 0 Å². The molecule has 1 aliphatic heterocycles. The van der Waals surface area contributed by atoms with E-state index in [0.717, 1.165) is 11.1 Å². The number of halogens is 3. The highest BCUT2D eigenvalue weighted by atomic mass is 32.2. The summed E-state index contributed by atoms with van der Waals surface area (Å²) in [6, 6.07) is 6.89. The number of amides is 2. The van der Waals surface area contributed by atoms with Crippen molar-refractivity contribution in [2.24, 2.45) is 0 Å². The Balaban J connectivity index is 1.82. The normalized spacial score (nSPS) is 17.7. The Labute approximate surface area is 164 Å². The second kappa shape index (κ2) is 7.47. The first-order valence-corrected chi connectivity index (χ1v) is 9.30. The smallest absolute Gasteiger partial charge is 0.311 e. The molecular weight excluding hydrogens is 395 g/mol. The highest BCUT2D eigenvalue weighted by molar-refractivity contribution is 8.00. The number of hydrogen-bond acceptors (Lipinski definition) is 4. The lowest BCUT2D eigenvalue weighted by atomic mass is 10.1. The van der Waals surface area contributed by atoms with Crippen LogP contribution in [0.15, 0.2) is 47.6 Å². The fourth-order valence-electron chi connectivity index (χ4n) is 2.81. The molecule has 27 heavy (non-hydrogen) atoms. The van der Waals surface area contributed by atoms with Crippen molar-refractivity contribution in [2.75, 3.05) is 4.90 Å². The molecular formula is C18H16F3N3OS2. The third-order valence-corrected chi connectivity index (χ3v) is 5.55. The van der Waals surface area contributed by atoms with Crippen LogP contribution in [0.2, 0.25) is 0 Å². The number of alkyl halides is 3. The van der Waals surface area contributed by atoms with Gasteiger partial charge in [-0.2, -0.15) is 13.2 Å². The number of aromatic nitrogens is 1. The molecule has 0 saturated carbocycles. The zero-order valence-electron chi connectivity index (χ0n) is 14.5. The summed E-state index contributed by atoms with van der Waals surface area (Å²) in [6.07, 6.45) is 3.40. The maximum atomic E-state index is 12.9. The molecule has 0 radical (unpaired) electrons. The Morgan fingerprint density at radius 2 is 1.89 bits per heavy atom. The summed E-state index contributed by atoms with van der Waals surface area (Å²) in [5.74, 6) is 0. The van der Waals surface area contributed by atoms with Gasteiger partial charge in [0.25, 0.3) is 0 Å². The van der Waals surface area contributed by atoms with Gasteiger partial charge < -0.3 is 4.90 Å². The summed E-state index contributed by atoms with van der Waals surface area (Å²) in [5, 5.41) is 0. The molecule has 1 fully saturated rings. The molecule has 142 valence electrons. The lowest BCUT2D eigenvalue weighted by Crippen LogP contribution is -2.33. The highest BCUT2D eigenvalue weighted by Gasteiger charge is 2.40. The quantitative estimate of drug-likeness (QED) is 0.514. The van der Waals surface area contributed by atoms with Crippen LogP contribution in [0.5, 0.6) is 0 Å². The lowest BCUT2D eigenvalue weighted by molar-refractivity contribution is -0.0328. The Morgan fingerprint density at radius 1 is 1.22 bits per heavy atom. The summed E-state index contributed by atoms with van der Waals surface area (Å²) in [5.41, 5.74) is -1.96. The van der Waals surface area contributed by atoms with Crippen LogP contribution >= 0.6 is 24.0 Å². The molecule has 0 N–H and O–H groups in total. The first-order chi connectivity index (χ1) is 12.7. The maximum Gasteiger partial charge on any atom is 0.446 e. The minimum absolute atomic E-state index is 0.0566. The number of pyridine rings is 1. The second-order valence-electron chi connectivity index (χ2n) is 6.10. The molecule has 9 heteroatoms. The van der Waals surface area contributed by atoms with Crippen molar-refractivity contribution in [1.82, 2.24) is 9.88 Å². The molecule has 3 rings (SSSR count). The maximum absolute atomic E-state index is 12.9. The van der Waals surface area contributed by atoms with Crippen LogP contribution in [0.4, 0.5) is 23.7 Å². The average molecular weight is 411 g/mol. The summed E-state index contributed by atoms with van der Waals surface area (Å²) in [6.45, 7) is 4.14. The van der Waals surface area contributed by atoms with Crippen LogP contribution in [0.1, 0.15) is 18.1 Å². The van der Waals surface area contributed by atoms with E-state index in [1.54, 1.807) is 17.3 Å². The van der Waals surface area contributed by atoms with E-state index in [9.17, 15) is 18.0 Å². The molecule has 1 aliphatic rings. The summed E-state index contributed by atoms with van der Waals surface area (Å²) < 4.78 is 37.4. The second-order valence-corrected chi connectivity index (χ2v) is 7.66. The number of aryl methyl sites for hydroxylation is 1. The number of rotatable bonds is 4. The van der Waals surface area contributed by atoms with E-state index in [-0.39, 0.29) is 28.7 Å². The molecule has 1 aromatic heterocycles. The van der Waals surface area contributed by atoms with Gasteiger partial charge in [-0.3, -0.25) is 9.88 Å². The monoisotopic (exact) mass is 411 g/mol. The highest BCUT2D eigenvalue weighted by Crippen LogP contribution is 2.38. The summed E-state index contributed by atoms with van der Waals surface area (Å²) in [4.78, 5) is 20.5. The zero-order chi connectivity index (χ0) is 19.8. The van der Waals surface area contributed by atoms with Crippen LogP contribution in [-0.4, -0.2) is 32.5 Å². The minimum atomic E-state index is -4.35. The van der Waals surface area contributed by atoms with Gasteiger partial charge in [0.05, 0.1) is 11.7 Å². The number of carbonyl (C=O) groups is 1. The molecule has 2 aromatic rings. The van der Waals surface area contributed by atoms with Crippen LogP contribution in [-0.2, 0) is 6.54 Å². The predicted octanol–water partition coefficient (Wildman–Crippen LogP) is 5.16. The van der Waals surface area contributed by atoms with E-state index in [1.165, 1.54) is 29.2 Å². The molecule has 1 saturated heterocycles. The van der Waals surface area contributed by atoms with Gasteiger partial charge in [-0.15, -0.1) is 0 Å². The Morgan fingerprint density at radius 3 is 2.48 bits per heavy atom. The number of carbonyl (C=O) groups excluding carboxylic acids is 1. The number of urea groups is 1.